The highest BCUT2D eigenvalue weighted by molar-refractivity contribution is 5.92. The number of benzene rings is 2. The summed E-state index contributed by atoms with van der Waals surface area (Å²) in [7, 11) is 0. The number of halogens is 3. The fourth-order valence-corrected chi connectivity index (χ4v) is 2.89. The standard InChI is InChI=1S/C22H17F3N4O4/c1-2-32-21(31)17-12-27-29(20(17)22(23,24)25)16-9-7-15(8-10-16)28-19(30)13-33-18-6-4-3-5-14(18)11-26/h3-10,12H,2,13H2,1H3,(H,28,30). The van der Waals surface area contributed by atoms with Gasteiger partial charge in [0, 0.05) is 5.69 Å². The fourth-order valence-electron chi connectivity index (χ4n) is 2.89. The van der Waals surface area contributed by atoms with Gasteiger partial charge in [0.2, 0.25) is 0 Å². The summed E-state index contributed by atoms with van der Waals surface area (Å²) in [5, 5.41) is 15.3. The van der Waals surface area contributed by atoms with Crippen LogP contribution in [0.25, 0.3) is 5.69 Å². The van der Waals surface area contributed by atoms with Gasteiger partial charge in [0.25, 0.3) is 5.91 Å². The number of hydrogen-bond acceptors (Lipinski definition) is 6. The third-order valence-corrected chi connectivity index (χ3v) is 4.29. The monoisotopic (exact) mass is 458 g/mol. The number of nitrogens with one attached hydrogen (secondary N) is 1. The molecule has 0 radical (unpaired) electrons. The lowest BCUT2D eigenvalue weighted by molar-refractivity contribution is -0.143. The normalized spacial score (nSPS) is 10.9. The lowest BCUT2D eigenvalue weighted by atomic mass is 10.2. The Balaban J connectivity index is 1.73. The van der Waals surface area contributed by atoms with Crippen molar-refractivity contribution < 1.29 is 32.2 Å². The molecule has 0 unspecified atom stereocenters. The molecule has 1 N–H and O–H groups in total. The number of alkyl halides is 3. The van der Waals surface area contributed by atoms with Crippen LogP contribution in [-0.4, -0.2) is 34.9 Å². The molecule has 2 aromatic carbocycles. The van der Waals surface area contributed by atoms with Gasteiger partial charge in [0.05, 0.1) is 24.1 Å². The average molecular weight is 458 g/mol. The molecule has 3 rings (SSSR count). The van der Waals surface area contributed by atoms with Gasteiger partial charge in [-0.25, -0.2) is 9.48 Å². The number of amides is 1. The van der Waals surface area contributed by atoms with Crippen LogP contribution in [0.15, 0.2) is 54.7 Å². The fraction of sp³-hybridized carbons (Fsp3) is 0.182. The van der Waals surface area contributed by atoms with Gasteiger partial charge < -0.3 is 14.8 Å². The number of nitriles is 1. The number of aromatic nitrogens is 2. The Kier molecular flexibility index (Phi) is 6.97. The largest absolute Gasteiger partial charge is 0.482 e. The van der Waals surface area contributed by atoms with E-state index in [2.05, 4.69) is 15.2 Å². The second-order valence-electron chi connectivity index (χ2n) is 6.53. The van der Waals surface area contributed by atoms with Gasteiger partial charge in [0.15, 0.2) is 12.3 Å². The van der Waals surface area contributed by atoms with Crippen LogP contribution in [0.3, 0.4) is 0 Å². The molecule has 0 spiro atoms. The molecule has 0 saturated heterocycles. The Morgan fingerprint density at radius 1 is 1.15 bits per heavy atom. The molecule has 1 aromatic heterocycles. The molecule has 33 heavy (non-hydrogen) atoms. The van der Waals surface area contributed by atoms with E-state index in [1.54, 1.807) is 24.3 Å². The first-order valence-corrected chi connectivity index (χ1v) is 9.59. The second kappa shape index (κ2) is 9.86. The van der Waals surface area contributed by atoms with Gasteiger partial charge in [-0.1, -0.05) is 12.1 Å². The molecule has 0 saturated carbocycles. The smallest absolute Gasteiger partial charge is 0.434 e. The Bertz CT molecular complexity index is 1200. The first kappa shape index (κ1) is 23.3. The van der Waals surface area contributed by atoms with Gasteiger partial charge in [-0.2, -0.15) is 23.5 Å². The molecule has 0 fully saturated rings. The van der Waals surface area contributed by atoms with E-state index in [1.807, 2.05) is 6.07 Å². The van der Waals surface area contributed by atoms with Crippen molar-refractivity contribution in [2.24, 2.45) is 0 Å². The third-order valence-electron chi connectivity index (χ3n) is 4.29. The minimum atomic E-state index is -4.86. The molecular formula is C22H17F3N4O4. The van der Waals surface area contributed by atoms with Gasteiger partial charge in [-0.05, 0) is 43.3 Å². The van der Waals surface area contributed by atoms with Gasteiger partial charge in [0.1, 0.15) is 17.4 Å². The SMILES string of the molecule is CCOC(=O)c1cnn(-c2ccc(NC(=O)COc3ccccc3C#N)cc2)c1C(F)(F)F. The van der Waals surface area contributed by atoms with Crippen molar-refractivity contribution >= 4 is 17.6 Å². The van der Waals surface area contributed by atoms with Crippen molar-refractivity contribution in [2.75, 3.05) is 18.5 Å². The average Bonchev–Trinajstić information content (AvgIpc) is 3.25. The van der Waals surface area contributed by atoms with E-state index >= 15 is 0 Å². The molecule has 0 atom stereocenters. The molecule has 170 valence electrons. The van der Waals surface area contributed by atoms with E-state index in [0.717, 1.165) is 6.20 Å². The van der Waals surface area contributed by atoms with Crippen molar-refractivity contribution in [2.45, 2.75) is 13.1 Å². The first-order valence-electron chi connectivity index (χ1n) is 9.59. The number of nitrogens with zero attached hydrogens (tertiary/aromatic N) is 3. The van der Waals surface area contributed by atoms with Gasteiger partial charge >= 0.3 is 12.1 Å². The molecule has 0 bridgehead atoms. The van der Waals surface area contributed by atoms with Crippen LogP contribution in [0.5, 0.6) is 5.75 Å². The number of ether oxygens (including phenoxy) is 2. The molecular weight excluding hydrogens is 441 g/mol. The summed E-state index contributed by atoms with van der Waals surface area (Å²) in [5.41, 5.74) is -1.36. The van der Waals surface area contributed by atoms with E-state index in [-0.39, 0.29) is 30.2 Å². The summed E-state index contributed by atoms with van der Waals surface area (Å²) in [4.78, 5) is 24.0. The summed E-state index contributed by atoms with van der Waals surface area (Å²) in [6, 6.07) is 13.7. The maximum Gasteiger partial charge on any atom is 0.434 e. The van der Waals surface area contributed by atoms with Gasteiger partial charge in [-0.3, -0.25) is 4.79 Å². The van der Waals surface area contributed by atoms with E-state index in [4.69, 9.17) is 10.00 Å². The maximum atomic E-state index is 13.6. The highest BCUT2D eigenvalue weighted by atomic mass is 19.4. The first-order chi connectivity index (χ1) is 15.7. The summed E-state index contributed by atoms with van der Waals surface area (Å²) >= 11 is 0. The highest BCUT2D eigenvalue weighted by Gasteiger charge is 2.41. The number of para-hydroxylation sites is 1. The van der Waals surface area contributed by atoms with Crippen molar-refractivity contribution in [1.82, 2.24) is 9.78 Å². The van der Waals surface area contributed by atoms with Crippen LogP contribution in [0, 0.1) is 11.3 Å². The van der Waals surface area contributed by atoms with Crippen LogP contribution < -0.4 is 10.1 Å². The van der Waals surface area contributed by atoms with Crippen molar-refractivity contribution in [3.8, 4) is 17.5 Å². The van der Waals surface area contributed by atoms with E-state index in [9.17, 15) is 22.8 Å². The predicted octanol–water partition coefficient (Wildman–Crippen LogP) is 3.96. The molecule has 1 amide bonds. The number of rotatable bonds is 7. The number of hydrogen-bond donors (Lipinski definition) is 1. The molecule has 0 aliphatic rings. The number of esters is 1. The zero-order valence-electron chi connectivity index (χ0n) is 17.2. The lowest BCUT2D eigenvalue weighted by Crippen LogP contribution is -2.20. The topological polar surface area (TPSA) is 106 Å². The number of carbonyl (C=O) groups excluding carboxylic acids is 2. The predicted molar refractivity (Wildman–Crippen MR) is 110 cm³/mol. The van der Waals surface area contributed by atoms with Crippen molar-refractivity contribution in [3.63, 3.8) is 0 Å². The van der Waals surface area contributed by atoms with Crippen LogP contribution in [0.1, 0.15) is 28.5 Å². The Labute approximate surface area is 186 Å². The zero-order chi connectivity index (χ0) is 24.0. The van der Waals surface area contributed by atoms with Crippen LogP contribution >= 0.6 is 0 Å². The number of carbonyl (C=O) groups is 2. The summed E-state index contributed by atoms with van der Waals surface area (Å²) in [5.74, 6) is -1.41. The molecule has 0 aliphatic carbocycles. The zero-order valence-corrected chi connectivity index (χ0v) is 17.2. The van der Waals surface area contributed by atoms with E-state index < -0.39 is 29.3 Å². The van der Waals surface area contributed by atoms with E-state index in [0.29, 0.717) is 10.4 Å². The molecule has 1 heterocycles. The summed E-state index contributed by atoms with van der Waals surface area (Å²) < 4.78 is 51.4. The highest BCUT2D eigenvalue weighted by Crippen LogP contribution is 2.34. The Morgan fingerprint density at radius 2 is 1.85 bits per heavy atom. The Hall–Kier alpha value is -4.33. The molecule has 11 heteroatoms. The van der Waals surface area contributed by atoms with Gasteiger partial charge in [-0.15, -0.1) is 0 Å². The third kappa shape index (κ3) is 5.48. The lowest BCUT2D eigenvalue weighted by Gasteiger charge is -2.13. The molecule has 0 aliphatic heterocycles. The Morgan fingerprint density at radius 3 is 2.48 bits per heavy atom. The van der Waals surface area contributed by atoms with Crippen LogP contribution in [0.2, 0.25) is 0 Å². The summed E-state index contributed by atoms with van der Waals surface area (Å²) in [6.07, 6.45) is -4.06. The van der Waals surface area contributed by atoms with E-state index in [1.165, 1.54) is 31.2 Å². The number of anilines is 1. The minimum Gasteiger partial charge on any atom is -0.482 e. The van der Waals surface area contributed by atoms with Crippen LogP contribution in [-0.2, 0) is 15.7 Å². The van der Waals surface area contributed by atoms with Crippen molar-refractivity contribution in [3.05, 3.63) is 71.5 Å². The second-order valence-corrected chi connectivity index (χ2v) is 6.53. The van der Waals surface area contributed by atoms with Crippen LogP contribution in [0.4, 0.5) is 18.9 Å². The maximum absolute atomic E-state index is 13.6. The minimum absolute atomic E-state index is 0.0232. The quantitative estimate of drug-likeness (QED) is 0.538. The summed E-state index contributed by atoms with van der Waals surface area (Å²) in [6.45, 7) is 1.03. The molecule has 8 nitrogen and oxygen atoms in total. The van der Waals surface area contributed by atoms with Crippen molar-refractivity contribution in [1.29, 1.82) is 5.26 Å². The molecule has 3 aromatic rings.